The molecule has 0 radical (unpaired) electrons. The molecular formula is C15H23NO2. The summed E-state index contributed by atoms with van der Waals surface area (Å²) in [5.74, 6) is 0. The highest BCUT2D eigenvalue weighted by atomic mass is 16.5. The molecule has 0 aliphatic carbocycles. The van der Waals surface area contributed by atoms with E-state index in [4.69, 9.17) is 4.74 Å². The minimum atomic E-state index is -0.435. The number of nitrogens with one attached hydrogen (secondary N) is 1. The Hall–Kier alpha value is -1.06. The second kappa shape index (κ2) is 6.21. The zero-order valence-electron chi connectivity index (χ0n) is 11.2. The van der Waals surface area contributed by atoms with Crippen LogP contribution >= 0.6 is 0 Å². The molecule has 1 saturated heterocycles. The van der Waals surface area contributed by atoms with Crippen LogP contribution in [0.1, 0.15) is 44.8 Å². The van der Waals surface area contributed by atoms with E-state index in [1.165, 1.54) is 0 Å². The maximum absolute atomic E-state index is 9.77. The van der Waals surface area contributed by atoms with Crippen molar-refractivity contribution in [3.05, 3.63) is 29.8 Å². The fourth-order valence-corrected chi connectivity index (χ4v) is 2.51. The maximum atomic E-state index is 9.77. The van der Waals surface area contributed by atoms with Crippen molar-refractivity contribution in [3.63, 3.8) is 0 Å². The Balaban J connectivity index is 2.04. The van der Waals surface area contributed by atoms with Gasteiger partial charge in [-0.25, -0.2) is 0 Å². The standard InChI is InChI=1S/C15H23NO2/c1-3-13-10-12(8-9-18-13)16-15-7-5-4-6-14(15)11(2)17/h4-7,11-13,16-17H,3,8-10H2,1-2H3. The molecule has 3 heteroatoms. The Kier molecular flexibility index (Phi) is 4.61. The smallest absolute Gasteiger partial charge is 0.0781 e. The summed E-state index contributed by atoms with van der Waals surface area (Å²) in [7, 11) is 0. The van der Waals surface area contributed by atoms with Gasteiger partial charge in [-0.1, -0.05) is 25.1 Å². The van der Waals surface area contributed by atoms with Crippen molar-refractivity contribution < 1.29 is 9.84 Å². The SMILES string of the molecule is CCC1CC(Nc2ccccc2C(C)O)CCO1. The summed E-state index contributed by atoms with van der Waals surface area (Å²) in [6.45, 7) is 4.79. The second-order valence-electron chi connectivity index (χ2n) is 5.03. The van der Waals surface area contributed by atoms with Gasteiger partial charge in [0.15, 0.2) is 0 Å². The average molecular weight is 249 g/mol. The summed E-state index contributed by atoms with van der Waals surface area (Å²) in [5, 5.41) is 13.3. The number of aliphatic hydroxyl groups excluding tert-OH is 1. The van der Waals surface area contributed by atoms with Crippen LogP contribution in [0.2, 0.25) is 0 Å². The highest BCUT2D eigenvalue weighted by molar-refractivity contribution is 5.52. The molecule has 0 aromatic heterocycles. The largest absolute Gasteiger partial charge is 0.389 e. The topological polar surface area (TPSA) is 41.5 Å². The Bertz CT molecular complexity index is 379. The first-order valence-corrected chi connectivity index (χ1v) is 6.85. The predicted molar refractivity (Wildman–Crippen MR) is 73.8 cm³/mol. The third-order valence-corrected chi connectivity index (χ3v) is 3.59. The van der Waals surface area contributed by atoms with Crippen LogP contribution in [0.5, 0.6) is 0 Å². The van der Waals surface area contributed by atoms with Crippen LogP contribution in [0.4, 0.5) is 5.69 Å². The maximum Gasteiger partial charge on any atom is 0.0781 e. The van der Waals surface area contributed by atoms with E-state index in [2.05, 4.69) is 12.2 Å². The molecule has 3 unspecified atom stereocenters. The van der Waals surface area contributed by atoms with Crippen molar-refractivity contribution >= 4 is 5.69 Å². The molecule has 1 aromatic carbocycles. The summed E-state index contributed by atoms with van der Waals surface area (Å²) in [6, 6.07) is 8.43. The summed E-state index contributed by atoms with van der Waals surface area (Å²) >= 11 is 0. The number of anilines is 1. The Morgan fingerprint density at radius 3 is 2.94 bits per heavy atom. The van der Waals surface area contributed by atoms with E-state index in [1.54, 1.807) is 6.92 Å². The van der Waals surface area contributed by atoms with Crippen molar-refractivity contribution in [2.45, 2.75) is 51.4 Å². The molecule has 0 saturated carbocycles. The van der Waals surface area contributed by atoms with Crippen molar-refractivity contribution in [2.24, 2.45) is 0 Å². The molecule has 0 spiro atoms. The lowest BCUT2D eigenvalue weighted by Gasteiger charge is -2.31. The number of benzene rings is 1. The van der Waals surface area contributed by atoms with Crippen LogP contribution in [-0.2, 0) is 4.74 Å². The van der Waals surface area contributed by atoms with Gasteiger partial charge in [0.05, 0.1) is 12.2 Å². The molecule has 18 heavy (non-hydrogen) atoms. The van der Waals surface area contributed by atoms with Crippen molar-refractivity contribution in [3.8, 4) is 0 Å². The minimum absolute atomic E-state index is 0.370. The number of ether oxygens (including phenoxy) is 1. The fourth-order valence-electron chi connectivity index (χ4n) is 2.51. The Morgan fingerprint density at radius 1 is 1.44 bits per heavy atom. The average Bonchev–Trinajstić information content (AvgIpc) is 2.39. The number of hydrogen-bond donors (Lipinski definition) is 2. The van der Waals surface area contributed by atoms with E-state index in [-0.39, 0.29) is 0 Å². The monoisotopic (exact) mass is 249 g/mol. The Morgan fingerprint density at radius 2 is 2.22 bits per heavy atom. The third-order valence-electron chi connectivity index (χ3n) is 3.59. The Labute approximate surface area is 109 Å². The zero-order chi connectivity index (χ0) is 13.0. The van der Waals surface area contributed by atoms with Crippen molar-refractivity contribution in [2.75, 3.05) is 11.9 Å². The van der Waals surface area contributed by atoms with E-state index in [1.807, 2.05) is 24.3 Å². The first-order valence-electron chi connectivity index (χ1n) is 6.85. The van der Waals surface area contributed by atoms with E-state index in [0.29, 0.717) is 12.1 Å². The molecule has 2 N–H and O–H groups in total. The molecule has 1 fully saturated rings. The molecule has 2 rings (SSSR count). The third kappa shape index (κ3) is 3.24. The summed E-state index contributed by atoms with van der Waals surface area (Å²) < 4.78 is 5.68. The van der Waals surface area contributed by atoms with Crippen LogP contribution in [0.3, 0.4) is 0 Å². The van der Waals surface area contributed by atoms with E-state index < -0.39 is 6.10 Å². The number of para-hydroxylation sites is 1. The van der Waals surface area contributed by atoms with Crippen LogP contribution in [0.25, 0.3) is 0 Å². The molecular weight excluding hydrogens is 226 g/mol. The van der Waals surface area contributed by atoms with Gasteiger partial charge < -0.3 is 15.2 Å². The zero-order valence-corrected chi connectivity index (χ0v) is 11.2. The lowest BCUT2D eigenvalue weighted by molar-refractivity contribution is 0.00923. The van der Waals surface area contributed by atoms with Crippen molar-refractivity contribution in [1.82, 2.24) is 0 Å². The molecule has 1 heterocycles. The molecule has 1 aliphatic heterocycles. The summed E-state index contributed by atoms with van der Waals surface area (Å²) in [4.78, 5) is 0. The van der Waals surface area contributed by atoms with E-state index in [0.717, 1.165) is 37.1 Å². The number of aliphatic hydroxyl groups is 1. The normalized spacial score (nSPS) is 25.7. The molecule has 0 bridgehead atoms. The second-order valence-corrected chi connectivity index (χ2v) is 5.03. The minimum Gasteiger partial charge on any atom is -0.389 e. The number of hydrogen-bond acceptors (Lipinski definition) is 3. The lowest BCUT2D eigenvalue weighted by Crippen LogP contribution is -2.34. The summed E-state index contributed by atoms with van der Waals surface area (Å²) in [5.41, 5.74) is 2.02. The van der Waals surface area contributed by atoms with Gasteiger partial charge in [-0.3, -0.25) is 0 Å². The van der Waals surface area contributed by atoms with Crippen LogP contribution in [-0.4, -0.2) is 23.9 Å². The van der Waals surface area contributed by atoms with Crippen molar-refractivity contribution in [1.29, 1.82) is 0 Å². The van der Waals surface area contributed by atoms with Gasteiger partial charge in [0.25, 0.3) is 0 Å². The molecule has 0 amide bonds. The molecule has 100 valence electrons. The fraction of sp³-hybridized carbons (Fsp3) is 0.600. The predicted octanol–water partition coefficient (Wildman–Crippen LogP) is 3.11. The quantitative estimate of drug-likeness (QED) is 0.861. The number of rotatable bonds is 4. The summed E-state index contributed by atoms with van der Waals surface area (Å²) in [6.07, 6.45) is 3.08. The van der Waals surface area contributed by atoms with Gasteiger partial charge in [-0.15, -0.1) is 0 Å². The molecule has 3 atom stereocenters. The van der Waals surface area contributed by atoms with E-state index in [9.17, 15) is 5.11 Å². The van der Waals surface area contributed by atoms with Crippen LogP contribution < -0.4 is 5.32 Å². The van der Waals surface area contributed by atoms with Gasteiger partial charge in [0.1, 0.15) is 0 Å². The molecule has 1 aromatic rings. The van der Waals surface area contributed by atoms with E-state index >= 15 is 0 Å². The van der Waals surface area contributed by atoms with Gasteiger partial charge in [-0.2, -0.15) is 0 Å². The van der Waals surface area contributed by atoms with Crippen LogP contribution in [0.15, 0.2) is 24.3 Å². The molecule has 3 nitrogen and oxygen atoms in total. The molecule has 1 aliphatic rings. The first kappa shape index (κ1) is 13.4. The van der Waals surface area contributed by atoms with Crippen LogP contribution in [0, 0.1) is 0 Å². The highest BCUT2D eigenvalue weighted by Crippen LogP contribution is 2.26. The lowest BCUT2D eigenvalue weighted by atomic mass is 10.00. The van der Waals surface area contributed by atoms with Gasteiger partial charge in [0, 0.05) is 23.9 Å². The van der Waals surface area contributed by atoms with Gasteiger partial charge in [-0.05, 0) is 32.3 Å². The highest BCUT2D eigenvalue weighted by Gasteiger charge is 2.22. The van der Waals surface area contributed by atoms with Gasteiger partial charge in [0.2, 0.25) is 0 Å². The first-order chi connectivity index (χ1) is 8.70. The van der Waals surface area contributed by atoms with Gasteiger partial charge >= 0.3 is 0 Å².